The van der Waals surface area contributed by atoms with Gasteiger partial charge < -0.3 is 10.1 Å². The molecule has 2 aromatic heterocycles. The normalized spacial score (nSPS) is 20.5. The molecule has 34 heavy (non-hydrogen) atoms. The fourth-order valence-electron chi connectivity index (χ4n) is 4.40. The van der Waals surface area contributed by atoms with Crippen molar-refractivity contribution in [3.05, 3.63) is 50.4 Å². The van der Waals surface area contributed by atoms with Gasteiger partial charge in [0.05, 0.1) is 13.7 Å². The van der Waals surface area contributed by atoms with E-state index in [4.69, 9.17) is 4.74 Å². The third kappa shape index (κ3) is 4.36. The maximum Gasteiger partial charge on any atom is 0.332 e. The van der Waals surface area contributed by atoms with Crippen LogP contribution in [0.5, 0.6) is 5.75 Å². The quantitative estimate of drug-likeness (QED) is 0.507. The number of halogens is 1. The zero-order valence-corrected chi connectivity index (χ0v) is 20.5. The van der Waals surface area contributed by atoms with E-state index in [1.165, 1.54) is 28.4 Å². The molecule has 1 saturated heterocycles. The van der Waals surface area contributed by atoms with Crippen molar-refractivity contribution in [2.75, 3.05) is 23.9 Å². The molecule has 3 aromatic rings. The maximum atomic E-state index is 14.4. The van der Waals surface area contributed by atoms with Crippen LogP contribution in [0.1, 0.15) is 32.3 Å². The molecule has 1 aliphatic heterocycles. The molecule has 0 spiro atoms. The molecule has 184 valence electrons. The van der Waals surface area contributed by atoms with E-state index in [2.05, 4.69) is 16.2 Å². The Kier molecular flexibility index (Phi) is 6.57. The smallest absolute Gasteiger partial charge is 0.332 e. The monoisotopic (exact) mass is 491 g/mol. The summed E-state index contributed by atoms with van der Waals surface area (Å²) in [5.74, 6) is 4.88. The number of aryl methyl sites for hydroxylation is 1. The number of hydrogen-bond donors (Lipinski definition) is 1. The standard InChI is InChI=1S/C23H30FN5O4S/c1-5-27-20-19(21(30)28(6-2)23(27)31)29(14-15-7-8-18(33-3)17(24)13-15)22(26-20)25-16-9-11-34(4,32)12-10-16/h7-8,13,16H,4-6,9-12,14H2,1-3H3,(H,25,26). The second kappa shape index (κ2) is 9.28. The van der Waals surface area contributed by atoms with E-state index in [1.54, 1.807) is 17.6 Å². The van der Waals surface area contributed by atoms with E-state index in [9.17, 15) is 18.2 Å². The number of nitrogens with zero attached hydrogens (tertiary/aromatic N) is 4. The lowest BCUT2D eigenvalue weighted by Gasteiger charge is -2.26. The summed E-state index contributed by atoms with van der Waals surface area (Å²) in [6, 6.07) is 4.62. The Bertz CT molecular complexity index is 1440. The van der Waals surface area contributed by atoms with Crippen LogP contribution in [0.2, 0.25) is 0 Å². The Labute approximate surface area is 197 Å². The van der Waals surface area contributed by atoms with Gasteiger partial charge in [-0.05, 0) is 59.8 Å². The van der Waals surface area contributed by atoms with Crippen LogP contribution < -0.4 is 21.3 Å². The van der Waals surface area contributed by atoms with Gasteiger partial charge in [0.25, 0.3) is 5.56 Å². The van der Waals surface area contributed by atoms with Gasteiger partial charge in [0.2, 0.25) is 5.95 Å². The Morgan fingerprint density at radius 2 is 1.85 bits per heavy atom. The molecule has 0 saturated carbocycles. The fraction of sp³-hybridized carbons (Fsp3) is 0.478. The molecular formula is C23H30FN5O4S. The average Bonchev–Trinajstić information content (AvgIpc) is 3.13. The highest BCUT2D eigenvalue weighted by Crippen LogP contribution is 2.24. The molecule has 0 unspecified atom stereocenters. The van der Waals surface area contributed by atoms with Gasteiger partial charge in [-0.25, -0.2) is 9.18 Å². The number of hydrogen-bond acceptors (Lipinski definition) is 6. The molecule has 0 bridgehead atoms. The van der Waals surface area contributed by atoms with Gasteiger partial charge >= 0.3 is 5.69 Å². The van der Waals surface area contributed by atoms with Crippen LogP contribution in [-0.2, 0) is 29.2 Å². The van der Waals surface area contributed by atoms with Crippen molar-refractivity contribution in [2.24, 2.45) is 0 Å². The first-order chi connectivity index (χ1) is 16.2. The second-order valence-electron chi connectivity index (χ2n) is 8.53. The van der Waals surface area contributed by atoms with Crippen LogP contribution >= 0.6 is 0 Å². The Hall–Kier alpha value is -3.08. The van der Waals surface area contributed by atoms with Gasteiger partial charge in [-0.3, -0.25) is 22.7 Å². The first-order valence-electron chi connectivity index (χ1n) is 11.3. The van der Waals surface area contributed by atoms with Gasteiger partial charge in [-0.15, -0.1) is 0 Å². The van der Waals surface area contributed by atoms with Crippen molar-refractivity contribution < 1.29 is 13.3 Å². The topological polar surface area (TPSA) is 100 Å². The van der Waals surface area contributed by atoms with Gasteiger partial charge in [0.15, 0.2) is 22.7 Å². The van der Waals surface area contributed by atoms with Gasteiger partial charge in [-0.2, -0.15) is 4.98 Å². The van der Waals surface area contributed by atoms with E-state index >= 15 is 0 Å². The minimum Gasteiger partial charge on any atom is -0.494 e. The summed E-state index contributed by atoms with van der Waals surface area (Å²) >= 11 is 0. The van der Waals surface area contributed by atoms with Crippen molar-refractivity contribution in [1.82, 2.24) is 18.7 Å². The molecule has 1 N–H and O–H groups in total. The molecule has 0 aliphatic carbocycles. The number of imidazole rings is 1. The van der Waals surface area contributed by atoms with Crippen LogP contribution in [-0.4, -0.2) is 53.4 Å². The SMILES string of the molecule is C=S1(=O)CCC(Nc2nc3c(c(=O)n(CC)c(=O)n3CC)n2Cc2ccc(OC)c(F)c2)CC1. The average molecular weight is 492 g/mol. The van der Waals surface area contributed by atoms with Crippen LogP contribution in [0.3, 0.4) is 0 Å². The van der Waals surface area contributed by atoms with Gasteiger partial charge in [-0.1, -0.05) is 6.07 Å². The summed E-state index contributed by atoms with van der Waals surface area (Å²) in [5.41, 5.74) is 0.325. The Balaban J connectivity index is 1.87. The van der Waals surface area contributed by atoms with Crippen molar-refractivity contribution in [1.29, 1.82) is 0 Å². The second-order valence-corrected chi connectivity index (χ2v) is 11.3. The molecule has 0 atom stereocenters. The molecule has 1 fully saturated rings. The van der Waals surface area contributed by atoms with Gasteiger partial charge in [0.1, 0.15) is 0 Å². The molecule has 9 nitrogen and oxygen atoms in total. The minimum absolute atomic E-state index is 0.00492. The number of benzene rings is 1. The number of aromatic nitrogens is 4. The van der Waals surface area contributed by atoms with E-state index in [-0.39, 0.29) is 36.0 Å². The number of rotatable bonds is 7. The predicted molar refractivity (Wildman–Crippen MR) is 133 cm³/mol. The van der Waals surface area contributed by atoms with E-state index in [1.807, 2.05) is 6.92 Å². The summed E-state index contributed by atoms with van der Waals surface area (Å²) in [6.45, 7) is 4.29. The zero-order chi connectivity index (χ0) is 24.6. The van der Waals surface area contributed by atoms with E-state index < -0.39 is 26.6 Å². The van der Waals surface area contributed by atoms with Crippen molar-refractivity contribution >= 4 is 32.5 Å². The fourth-order valence-corrected chi connectivity index (χ4v) is 6.03. The van der Waals surface area contributed by atoms with E-state index in [0.717, 1.165) is 0 Å². The molecule has 3 heterocycles. The number of anilines is 1. The molecular weight excluding hydrogens is 461 g/mol. The van der Waals surface area contributed by atoms with Crippen molar-refractivity contribution in [3.63, 3.8) is 0 Å². The first-order valence-corrected chi connectivity index (χ1v) is 13.4. The van der Waals surface area contributed by atoms with Gasteiger partial charge in [0, 0.05) is 30.6 Å². The Morgan fingerprint density at radius 1 is 1.18 bits per heavy atom. The highest BCUT2D eigenvalue weighted by atomic mass is 32.2. The number of methoxy groups -OCH3 is 1. The zero-order valence-electron chi connectivity index (χ0n) is 19.7. The van der Waals surface area contributed by atoms with Crippen LogP contribution in [0.15, 0.2) is 27.8 Å². The summed E-state index contributed by atoms with van der Waals surface area (Å²) in [5, 5.41) is 3.39. The molecule has 11 heteroatoms. The number of ether oxygens (including phenoxy) is 1. The largest absolute Gasteiger partial charge is 0.494 e. The van der Waals surface area contributed by atoms with Crippen LogP contribution in [0.25, 0.3) is 11.2 Å². The predicted octanol–water partition coefficient (Wildman–Crippen LogP) is 1.89. The molecule has 0 amide bonds. The lowest BCUT2D eigenvalue weighted by atomic mass is 10.1. The third-order valence-electron chi connectivity index (χ3n) is 6.31. The van der Waals surface area contributed by atoms with Crippen LogP contribution in [0, 0.1) is 5.82 Å². The molecule has 1 aliphatic rings. The summed E-state index contributed by atoms with van der Waals surface area (Å²) in [4.78, 5) is 30.9. The number of nitrogens with one attached hydrogen (secondary N) is 1. The summed E-state index contributed by atoms with van der Waals surface area (Å²) in [7, 11) is -0.656. The lowest BCUT2D eigenvalue weighted by molar-refractivity contribution is 0.386. The summed E-state index contributed by atoms with van der Waals surface area (Å²) < 4.78 is 36.1. The summed E-state index contributed by atoms with van der Waals surface area (Å²) in [6.07, 6.45) is 1.31. The number of fused-ring (bicyclic) bond motifs is 1. The Morgan fingerprint density at radius 3 is 2.44 bits per heavy atom. The van der Waals surface area contributed by atoms with Crippen LogP contribution in [0.4, 0.5) is 10.3 Å². The molecule has 1 aromatic carbocycles. The van der Waals surface area contributed by atoms with Crippen molar-refractivity contribution in [2.45, 2.75) is 52.4 Å². The molecule has 0 radical (unpaired) electrons. The van der Waals surface area contributed by atoms with E-state index in [0.29, 0.717) is 42.4 Å². The first kappa shape index (κ1) is 24.1. The maximum absolute atomic E-state index is 14.4. The highest BCUT2D eigenvalue weighted by molar-refractivity contribution is 8.00. The third-order valence-corrected chi connectivity index (χ3v) is 8.27. The minimum atomic E-state index is -2.05. The molecule has 4 rings (SSSR count). The lowest BCUT2D eigenvalue weighted by Crippen LogP contribution is -2.40. The highest BCUT2D eigenvalue weighted by Gasteiger charge is 2.25. The van der Waals surface area contributed by atoms with Crippen molar-refractivity contribution in [3.8, 4) is 5.75 Å².